The van der Waals surface area contributed by atoms with E-state index in [0.29, 0.717) is 17.1 Å². The molecule has 1 aliphatic rings. The SMILES string of the molecule is COc1cc(S(C)(=O)=O)ccc1NCC#Cc1nc2c([C@H]3CCN(C)CCN3)cccn2c1CC(F)(F)F. The van der Waals surface area contributed by atoms with Gasteiger partial charge in [0.2, 0.25) is 0 Å². The summed E-state index contributed by atoms with van der Waals surface area (Å²) in [5.74, 6) is 5.97. The molecule has 12 heteroatoms. The second kappa shape index (κ2) is 11.2. The van der Waals surface area contributed by atoms with Crippen LogP contribution in [0.25, 0.3) is 5.65 Å². The molecule has 0 amide bonds. The number of aromatic nitrogens is 2. The molecule has 1 aliphatic heterocycles. The van der Waals surface area contributed by atoms with Gasteiger partial charge in [0.1, 0.15) is 17.1 Å². The van der Waals surface area contributed by atoms with Gasteiger partial charge in [-0.15, -0.1) is 0 Å². The third-order valence-corrected chi connectivity index (χ3v) is 7.49. The maximum Gasteiger partial charge on any atom is 0.394 e. The maximum absolute atomic E-state index is 13.5. The Morgan fingerprint density at radius 2 is 2.05 bits per heavy atom. The summed E-state index contributed by atoms with van der Waals surface area (Å²) in [4.78, 5) is 6.87. The molecule has 1 atom stereocenters. The Morgan fingerprint density at radius 1 is 1.26 bits per heavy atom. The van der Waals surface area contributed by atoms with Crippen LogP contribution in [0.15, 0.2) is 41.4 Å². The van der Waals surface area contributed by atoms with Crippen LogP contribution in [0.5, 0.6) is 5.75 Å². The molecule has 0 saturated carbocycles. The number of alkyl halides is 3. The fourth-order valence-corrected chi connectivity index (χ4v) is 5.08. The van der Waals surface area contributed by atoms with Crippen LogP contribution in [-0.4, -0.2) is 75.5 Å². The van der Waals surface area contributed by atoms with E-state index in [9.17, 15) is 21.6 Å². The summed E-state index contributed by atoms with van der Waals surface area (Å²) in [7, 11) is 0.0468. The van der Waals surface area contributed by atoms with E-state index in [2.05, 4.69) is 32.4 Å². The van der Waals surface area contributed by atoms with Crippen molar-refractivity contribution in [3.05, 3.63) is 53.5 Å². The number of hydrogen-bond donors (Lipinski definition) is 2. The molecular weight excluding hydrogens is 519 g/mol. The lowest BCUT2D eigenvalue weighted by atomic mass is 10.1. The van der Waals surface area contributed by atoms with Gasteiger partial charge >= 0.3 is 6.18 Å². The van der Waals surface area contributed by atoms with E-state index in [-0.39, 0.29) is 28.9 Å². The highest BCUT2D eigenvalue weighted by atomic mass is 32.2. The van der Waals surface area contributed by atoms with E-state index in [1.165, 1.54) is 23.6 Å². The van der Waals surface area contributed by atoms with Crippen molar-refractivity contribution in [1.29, 1.82) is 0 Å². The summed E-state index contributed by atoms with van der Waals surface area (Å²) in [5.41, 5.74) is 1.87. The van der Waals surface area contributed by atoms with E-state index < -0.39 is 22.4 Å². The first-order valence-corrected chi connectivity index (χ1v) is 13.9. The molecule has 1 fully saturated rings. The number of methoxy groups -OCH3 is 1. The largest absolute Gasteiger partial charge is 0.495 e. The van der Waals surface area contributed by atoms with Crippen LogP contribution in [0.2, 0.25) is 0 Å². The summed E-state index contributed by atoms with van der Waals surface area (Å²) < 4.78 is 70.9. The van der Waals surface area contributed by atoms with Gasteiger partial charge in [-0.05, 0) is 44.1 Å². The topological polar surface area (TPSA) is 88.0 Å². The molecule has 0 spiro atoms. The van der Waals surface area contributed by atoms with Gasteiger partial charge in [-0.3, -0.25) is 0 Å². The Labute approximate surface area is 220 Å². The van der Waals surface area contributed by atoms with Crippen LogP contribution in [0.4, 0.5) is 18.9 Å². The lowest BCUT2D eigenvalue weighted by Crippen LogP contribution is -2.25. The average molecular weight is 550 g/mol. The lowest BCUT2D eigenvalue weighted by Gasteiger charge is -2.17. The van der Waals surface area contributed by atoms with Crippen molar-refractivity contribution in [2.24, 2.45) is 0 Å². The monoisotopic (exact) mass is 549 g/mol. The zero-order valence-corrected chi connectivity index (χ0v) is 22.2. The zero-order chi connectivity index (χ0) is 27.5. The number of benzene rings is 1. The van der Waals surface area contributed by atoms with Gasteiger partial charge in [0.25, 0.3) is 0 Å². The molecule has 0 unspecified atom stereocenters. The average Bonchev–Trinajstić information content (AvgIpc) is 3.03. The number of sulfone groups is 1. The van der Waals surface area contributed by atoms with Crippen LogP contribution in [0.1, 0.15) is 29.4 Å². The highest BCUT2D eigenvalue weighted by Crippen LogP contribution is 2.29. The van der Waals surface area contributed by atoms with Crippen molar-refractivity contribution in [1.82, 2.24) is 19.6 Å². The van der Waals surface area contributed by atoms with Gasteiger partial charge < -0.3 is 24.7 Å². The number of rotatable bonds is 6. The molecule has 204 valence electrons. The first kappa shape index (κ1) is 27.8. The molecule has 1 aromatic carbocycles. The predicted octanol–water partition coefficient (Wildman–Crippen LogP) is 3.28. The summed E-state index contributed by atoms with van der Waals surface area (Å²) >= 11 is 0. The van der Waals surface area contributed by atoms with Gasteiger partial charge in [0.15, 0.2) is 9.84 Å². The summed E-state index contributed by atoms with van der Waals surface area (Å²) in [6.45, 7) is 2.60. The highest BCUT2D eigenvalue weighted by molar-refractivity contribution is 7.90. The Bertz CT molecular complexity index is 1470. The molecule has 0 radical (unpaired) electrons. The number of pyridine rings is 1. The molecule has 2 N–H and O–H groups in total. The number of likely N-dealkylation sites (N-methyl/N-ethyl adjacent to an activating group) is 1. The lowest BCUT2D eigenvalue weighted by molar-refractivity contribution is -0.128. The van der Waals surface area contributed by atoms with Gasteiger partial charge in [-0.1, -0.05) is 12.0 Å². The third-order valence-electron chi connectivity index (χ3n) is 6.38. The molecule has 2 aromatic heterocycles. The van der Waals surface area contributed by atoms with E-state index in [4.69, 9.17) is 4.74 Å². The molecule has 3 aromatic rings. The number of nitrogens with zero attached hydrogens (tertiary/aromatic N) is 3. The van der Waals surface area contributed by atoms with Crippen LogP contribution < -0.4 is 15.4 Å². The molecule has 0 bridgehead atoms. The van der Waals surface area contributed by atoms with Crippen LogP contribution >= 0.6 is 0 Å². The molecule has 4 rings (SSSR count). The number of imidazole rings is 1. The number of halogens is 3. The molecule has 38 heavy (non-hydrogen) atoms. The quantitative estimate of drug-likeness (QED) is 0.457. The van der Waals surface area contributed by atoms with Gasteiger partial charge in [0.05, 0.1) is 36.4 Å². The van der Waals surface area contributed by atoms with Crippen LogP contribution in [-0.2, 0) is 16.3 Å². The normalized spacial score (nSPS) is 17.1. The van der Waals surface area contributed by atoms with E-state index >= 15 is 0 Å². The molecule has 8 nitrogen and oxygen atoms in total. The van der Waals surface area contributed by atoms with Gasteiger partial charge in [-0.2, -0.15) is 13.2 Å². The second-order valence-electron chi connectivity index (χ2n) is 9.24. The molecule has 1 saturated heterocycles. The highest BCUT2D eigenvalue weighted by Gasteiger charge is 2.32. The number of ether oxygens (including phenoxy) is 1. The minimum absolute atomic E-state index is 0.0114. The fraction of sp³-hybridized carbons (Fsp3) is 0.423. The standard InChI is InChI=1S/C26H30F3N5O3S/c1-33-14-10-20(31-12-15-33)19-6-5-13-34-23(17-26(27,28)29)21(32-25(19)34)7-4-11-30-22-9-8-18(38(3,35)36)16-24(22)37-2/h5-6,8-9,13,16,20,30-31H,10-12,14-15,17H2,1-3H3/t20-/m1/s1. The number of anilines is 1. The minimum atomic E-state index is -4.43. The molecule has 3 heterocycles. The maximum atomic E-state index is 13.5. The van der Waals surface area contributed by atoms with Crippen molar-refractivity contribution < 1.29 is 26.3 Å². The first-order valence-electron chi connectivity index (χ1n) is 12.1. The fourth-order valence-electron chi connectivity index (χ4n) is 4.44. The summed E-state index contributed by atoms with van der Waals surface area (Å²) in [6, 6.07) is 8.00. The second-order valence-corrected chi connectivity index (χ2v) is 11.3. The summed E-state index contributed by atoms with van der Waals surface area (Å²) in [6.07, 6.45) is -2.09. The Balaban J connectivity index is 1.63. The number of nitrogens with one attached hydrogen (secondary N) is 2. The summed E-state index contributed by atoms with van der Waals surface area (Å²) in [5, 5.41) is 6.50. The van der Waals surface area contributed by atoms with Crippen LogP contribution in [0.3, 0.4) is 0 Å². The van der Waals surface area contributed by atoms with E-state index in [1.54, 1.807) is 18.3 Å². The number of hydrogen-bond acceptors (Lipinski definition) is 7. The van der Waals surface area contributed by atoms with Crippen molar-refractivity contribution in [3.63, 3.8) is 0 Å². The predicted molar refractivity (Wildman–Crippen MR) is 139 cm³/mol. The Hall–Kier alpha value is -3.27. The smallest absolute Gasteiger partial charge is 0.394 e. The van der Waals surface area contributed by atoms with Crippen molar-refractivity contribution in [2.75, 3.05) is 51.9 Å². The molecular formula is C26H30F3N5O3S. The van der Waals surface area contributed by atoms with Crippen LogP contribution in [0, 0.1) is 11.8 Å². The first-order chi connectivity index (χ1) is 18.0. The van der Waals surface area contributed by atoms with Crippen molar-refractivity contribution in [3.8, 4) is 17.6 Å². The Morgan fingerprint density at radius 3 is 2.76 bits per heavy atom. The minimum Gasteiger partial charge on any atom is -0.495 e. The third kappa shape index (κ3) is 6.59. The van der Waals surface area contributed by atoms with Crippen molar-refractivity contribution >= 4 is 21.2 Å². The van der Waals surface area contributed by atoms with Gasteiger partial charge in [-0.25, -0.2) is 13.4 Å². The Kier molecular flexibility index (Phi) is 8.20. The zero-order valence-electron chi connectivity index (χ0n) is 21.4. The molecule has 0 aliphatic carbocycles. The van der Waals surface area contributed by atoms with E-state index in [0.717, 1.165) is 37.9 Å². The van der Waals surface area contributed by atoms with Gasteiger partial charge in [0, 0.05) is 43.2 Å². The van der Waals surface area contributed by atoms with Crippen molar-refractivity contribution in [2.45, 2.75) is 30.0 Å². The van der Waals surface area contributed by atoms with E-state index in [1.807, 2.05) is 13.1 Å². The number of fused-ring (bicyclic) bond motifs is 1.